The summed E-state index contributed by atoms with van der Waals surface area (Å²) in [6.45, 7) is 5.50. The van der Waals surface area contributed by atoms with Gasteiger partial charge in [-0.15, -0.1) is 0 Å². The van der Waals surface area contributed by atoms with Crippen molar-refractivity contribution in [2.24, 2.45) is 0 Å². The number of benzene rings is 2. The number of carbonyl (C=O) groups is 1. The van der Waals surface area contributed by atoms with Crippen molar-refractivity contribution in [3.8, 4) is 5.75 Å². The molecule has 1 aromatic heterocycles. The van der Waals surface area contributed by atoms with Gasteiger partial charge in [0.1, 0.15) is 18.1 Å². The summed E-state index contributed by atoms with van der Waals surface area (Å²) in [5.41, 5.74) is 2.79. The maximum Gasteiger partial charge on any atom is 0.310 e. The van der Waals surface area contributed by atoms with Crippen molar-refractivity contribution < 1.29 is 14.3 Å². The molecule has 0 aliphatic heterocycles. The Kier molecular flexibility index (Phi) is 6.50. The number of nitrogens with zero attached hydrogens (tertiary/aromatic N) is 2. The number of esters is 1. The largest absolute Gasteiger partial charge is 0.487 e. The molecule has 0 atom stereocenters. The fourth-order valence-corrected chi connectivity index (χ4v) is 3.37. The second-order valence-corrected chi connectivity index (χ2v) is 7.13. The van der Waals surface area contributed by atoms with E-state index in [-0.39, 0.29) is 12.4 Å². The predicted molar refractivity (Wildman–Crippen MR) is 109 cm³/mol. The molecule has 0 bridgehead atoms. The first kappa shape index (κ1) is 19.4. The van der Waals surface area contributed by atoms with Crippen LogP contribution in [0.5, 0.6) is 5.75 Å². The van der Waals surface area contributed by atoms with Gasteiger partial charge in [-0.3, -0.25) is 9.48 Å². The van der Waals surface area contributed by atoms with Gasteiger partial charge in [0.2, 0.25) is 0 Å². The van der Waals surface area contributed by atoms with Crippen LogP contribution in [0.3, 0.4) is 0 Å². The monoisotopic (exact) mass is 430 g/mol. The van der Waals surface area contributed by atoms with Crippen LogP contribution in [-0.2, 0) is 29.1 Å². The Balaban J connectivity index is 1.83. The number of hydrogen-bond acceptors (Lipinski definition) is 4. The molecular weight excluding hydrogens is 408 g/mol. The number of hydrogen-bond donors (Lipinski definition) is 0. The number of rotatable bonds is 8. The smallest absolute Gasteiger partial charge is 0.310 e. The molecule has 142 valence electrons. The van der Waals surface area contributed by atoms with Crippen molar-refractivity contribution in [3.63, 3.8) is 0 Å². The summed E-state index contributed by atoms with van der Waals surface area (Å²) in [6.07, 6.45) is 1.20. The Hall–Kier alpha value is -2.34. The quantitative estimate of drug-likeness (QED) is 0.477. The topological polar surface area (TPSA) is 53.4 Å². The number of para-hydroxylation sites is 1. The summed E-state index contributed by atoms with van der Waals surface area (Å²) in [6, 6.07) is 13.7. The molecule has 3 aromatic rings. The minimum absolute atomic E-state index is 0.195. The van der Waals surface area contributed by atoms with E-state index < -0.39 is 0 Å². The number of aryl methyl sites for hydroxylation is 1. The molecule has 0 unspecified atom stereocenters. The van der Waals surface area contributed by atoms with Crippen molar-refractivity contribution in [1.29, 1.82) is 0 Å². The highest BCUT2D eigenvalue weighted by molar-refractivity contribution is 9.10. The lowest BCUT2D eigenvalue weighted by atomic mass is 10.1. The number of carbonyl (C=O) groups excluding carboxylic acids is 1. The zero-order valence-corrected chi connectivity index (χ0v) is 17.2. The highest BCUT2D eigenvalue weighted by atomic mass is 79.9. The molecule has 0 saturated heterocycles. The van der Waals surface area contributed by atoms with E-state index >= 15 is 0 Å². The van der Waals surface area contributed by atoms with E-state index in [1.807, 2.05) is 35.0 Å². The first-order chi connectivity index (χ1) is 13.1. The van der Waals surface area contributed by atoms with Crippen LogP contribution in [0.15, 0.2) is 46.9 Å². The molecule has 3 rings (SSSR count). The minimum Gasteiger partial charge on any atom is -0.487 e. The van der Waals surface area contributed by atoms with Crippen molar-refractivity contribution in [1.82, 2.24) is 9.78 Å². The van der Waals surface area contributed by atoms with Crippen molar-refractivity contribution in [2.45, 2.75) is 39.8 Å². The third-order valence-electron chi connectivity index (χ3n) is 4.20. The van der Waals surface area contributed by atoms with Gasteiger partial charge in [-0.25, -0.2) is 0 Å². The van der Waals surface area contributed by atoms with E-state index in [0.717, 1.165) is 39.6 Å². The molecular formula is C21H23BrN2O3. The molecule has 0 radical (unpaired) electrons. The Bertz CT molecular complexity index is 936. The molecule has 0 aliphatic carbocycles. The second-order valence-electron chi connectivity index (χ2n) is 6.21. The fourth-order valence-electron chi connectivity index (χ4n) is 3.01. The number of ether oxygens (including phenoxy) is 2. The molecule has 0 N–H and O–H groups in total. The van der Waals surface area contributed by atoms with Gasteiger partial charge in [0.15, 0.2) is 0 Å². The Labute approximate surface area is 167 Å². The van der Waals surface area contributed by atoms with Gasteiger partial charge in [-0.1, -0.05) is 41.1 Å². The molecule has 0 spiro atoms. The van der Waals surface area contributed by atoms with E-state index in [9.17, 15) is 4.79 Å². The number of aromatic nitrogens is 2. The summed E-state index contributed by atoms with van der Waals surface area (Å²) in [4.78, 5) is 11.8. The van der Waals surface area contributed by atoms with Crippen LogP contribution in [0.1, 0.15) is 31.5 Å². The summed E-state index contributed by atoms with van der Waals surface area (Å²) in [7, 11) is 0. The molecule has 0 amide bonds. The van der Waals surface area contributed by atoms with Crippen LogP contribution < -0.4 is 4.74 Å². The average Bonchev–Trinajstić information content (AvgIpc) is 2.98. The van der Waals surface area contributed by atoms with E-state index in [4.69, 9.17) is 14.6 Å². The third-order valence-corrected chi connectivity index (χ3v) is 4.69. The molecule has 27 heavy (non-hydrogen) atoms. The normalized spacial score (nSPS) is 10.9. The van der Waals surface area contributed by atoms with Gasteiger partial charge in [-0.2, -0.15) is 5.10 Å². The van der Waals surface area contributed by atoms with Gasteiger partial charge >= 0.3 is 5.97 Å². The Morgan fingerprint density at radius 3 is 2.78 bits per heavy atom. The minimum atomic E-state index is -0.254. The first-order valence-electron chi connectivity index (χ1n) is 9.13. The Morgan fingerprint density at radius 2 is 2.00 bits per heavy atom. The van der Waals surface area contributed by atoms with Crippen LogP contribution in [0.4, 0.5) is 0 Å². The van der Waals surface area contributed by atoms with Crippen LogP contribution in [0.25, 0.3) is 10.9 Å². The van der Waals surface area contributed by atoms with E-state index in [1.165, 1.54) is 0 Å². The summed E-state index contributed by atoms with van der Waals surface area (Å²) in [5.74, 6) is 0.425. The average molecular weight is 431 g/mol. The highest BCUT2D eigenvalue weighted by Crippen LogP contribution is 2.26. The number of fused-ring (bicyclic) bond motifs is 1. The maximum atomic E-state index is 11.8. The zero-order chi connectivity index (χ0) is 19.2. The lowest BCUT2D eigenvalue weighted by molar-refractivity contribution is -0.142. The molecule has 2 aromatic carbocycles. The summed E-state index contributed by atoms with van der Waals surface area (Å²) >= 11 is 3.54. The fraction of sp³-hybridized carbons (Fsp3) is 0.333. The number of halogens is 1. The second kappa shape index (κ2) is 9.04. The van der Waals surface area contributed by atoms with E-state index in [2.05, 4.69) is 35.0 Å². The lowest BCUT2D eigenvalue weighted by Gasteiger charge is -2.10. The standard InChI is InChI=1S/C21H23BrN2O3/c1-3-11-24-19-10-9-16(22)13-17(19)18(23-24)14-27-20-8-6-5-7-15(20)12-21(25)26-4-2/h5-10,13H,3-4,11-12,14H2,1-2H3. The maximum absolute atomic E-state index is 11.8. The SMILES string of the molecule is CCCn1nc(COc2ccccc2CC(=O)OCC)c2cc(Br)ccc21. The van der Waals surface area contributed by atoms with E-state index in [0.29, 0.717) is 19.0 Å². The van der Waals surface area contributed by atoms with Crippen LogP contribution >= 0.6 is 15.9 Å². The first-order valence-corrected chi connectivity index (χ1v) is 9.93. The Morgan fingerprint density at radius 1 is 1.19 bits per heavy atom. The van der Waals surface area contributed by atoms with Crippen LogP contribution in [0.2, 0.25) is 0 Å². The summed E-state index contributed by atoms with van der Waals surface area (Å²) < 4.78 is 14.1. The van der Waals surface area contributed by atoms with Gasteiger partial charge in [0.05, 0.1) is 18.5 Å². The molecule has 0 fully saturated rings. The highest BCUT2D eigenvalue weighted by Gasteiger charge is 2.14. The van der Waals surface area contributed by atoms with Crippen LogP contribution in [0, 0.1) is 0 Å². The molecule has 1 heterocycles. The third kappa shape index (κ3) is 4.69. The summed E-state index contributed by atoms with van der Waals surface area (Å²) in [5, 5.41) is 5.80. The van der Waals surface area contributed by atoms with Gasteiger partial charge < -0.3 is 9.47 Å². The van der Waals surface area contributed by atoms with Gasteiger partial charge in [0.25, 0.3) is 0 Å². The molecule has 5 nitrogen and oxygen atoms in total. The molecule has 6 heteroatoms. The van der Waals surface area contributed by atoms with Crippen molar-refractivity contribution in [2.75, 3.05) is 6.61 Å². The van der Waals surface area contributed by atoms with Gasteiger partial charge in [-0.05, 0) is 37.6 Å². The van der Waals surface area contributed by atoms with Crippen LogP contribution in [-0.4, -0.2) is 22.4 Å². The predicted octanol–water partition coefficient (Wildman–Crippen LogP) is 4.89. The van der Waals surface area contributed by atoms with Crippen molar-refractivity contribution >= 4 is 32.8 Å². The molecule has 0 saturated carbocycles. The van der Waals surface area contributed by atoms with Gasteiger partial charge in [0, 0.05) is 22.0 Å². The van der Waals surface area contributed by atoms with Crippen molar-refractivity contribution in [3.05, 3.63) is 58.2 Å². The lowest BCUT2D eigenvalue weighted by Crippen LogP contribution is -2.09. The zero-order valence-electron chi connectivity index (χ0n) is 15.6. The molecule has 0 aliphatic rings. The van der Waals surface area contributed by atoms with E-state index in [1.54, 1.807) is 6.92 Å².